The Balaban J connectivity index is 1.46. The lowest BCUT2D eigenvalue weighted by Crippen LogP contribution is -2.26. The molecule has 0 saturated carbocycles. The molecule has 2 aromatic heterocycles. The highest BCUT2D eigenvalue weighted by Crippen LogP contribution is 2.31. The number of anilines is 1. The zero-order chi connectivity index (χ0) is 23.5. The molecule has 2 heterocycles. The molecule has 0 radical (unpaired) electrons. The predicted octanol–water partition coefficient (Wildman–Crippen LogP) is 4.98. The Bertz CT molecular complexity index is 1280. The molecule has 33 heavy (non-hydrogen) atoms. The van der Waals surface area contributed by atoms with E-state index in [4.69, 9.17) is 14.5 Å². The van der Waals surface area contributed by atoms with Crippen LogP contribution in [0.25, 0.3) is 11.0 Å². The molecule has 0 unspecified atom stereocenters. The van der Waals surface area contributed by atoms with Crippen molar-refractivity contribution in [3.63, 3.8) is 0 Å². The van der Waals surface area contributed by atoms with Crippen LogP contribution in [0.2, 0.25) is 0 Å². The normalized spacial score (nSPS) is 10.9. The van der Waals surface area contributed by atoms with Crippen molar-refractivity contribution in [3.8, 4) is 17.4 Å². The standard InChI is InChI=1S/C26H28N4O3/c1-17-22(18(2)27-25-24(17)26(32-5)28-30(25)4)15-16-23(31)29(3)19-11-13-21(14-12-19)33-20-9-7-6-8-10-20/h6-14H,15-16H2,1-5H3. The fraction of sp³-hybridized carbons (Fsp3) is 0.269. The quantitative estimate of drug-likeness (QED) is 0.402. The summed E-state index contributed by atoms with van der Waals surface area (Å²) in [6.07, 6.45) is 0.966. The van der Waals surface area contributed by atoms with Crippen LogP contribution in [0.4, 0.5) is 5.69 Å². The number of aryl methyl sites for hydroxylation is 3. The number of fused-ring (bicyclic) bond motifs is 1. The number of nitrogens with zero attached hydrogens (tertiary/aromatic N) is 4. The van der Waals surface area contributed by atoms with Crippen LogP contribution in [-0.2, 0) is 18.3 Å². The molecule has 0 bridgehead atoms. The van der Waals surface area contributed by atoms with Crippen molar-refractivity contribution in [3.05, 3.63) is 71.4 Å². The maximum Gasteiger partial charge on any atom is 0.242 e. The topological polar surface area (TPSA) is 69.5 Å². The van der Waals surface area contributed by atoms with Crippen LogP contribution < -0.4 is 14.4 Å². The van der Waals surface area contributed by atoms with Crippen molar-refractivity contribution in [2.75, 3.05) is 19.1 Å². The van der Waals surface area contributed by atoms with Gasteiger partial charge in [-0.3, -0.25) is 4.79 Å². The zero-order valence-electron chi connectivity index (χ0n) is 19.6. The Morgan fingerprint density at radius 2 is 1.70 bits per heavy atom. The number of methoxy groups -OCH3 is 1. The second kappa shape index (κ2) is 9.32. The molecule has 7 heteroatoms. The molecule has 0 aliphatic heterocycles. The van der Waals surface area contributed by atoms with Crippen LogP contribution in [0, 0.1) is 13.8 Å². The second-order valence-electron chi connectivity index (χ2n) is 7.99. The van der Waals surface area contributed by atoms with Gasteiger partial charge in [0.25, 0.3) is 0 Å². The lowest BCUT2D eigenvalue weighted by molar-refractivity contribution is -0.118. The molecule has 0 fully saturated rings. The number of aromatic nitrogens is 3. The number of pyridine rings is 1. The van der Waals surface area contributed by atoms with Gasteiger partial charge in [0.2, 0.25) is 11.8 Å². The third-order valence-corrected chi connectivity index (χ3v) is 5.88. The molecule has 7 nitrogen and oxygen atoms in total. The number of hydrogen-bond donors (Lipinski definition) is 0. The molecule has 0 aliphatic rings. The van der Waals surface area contributed by atoms with Crippen LogP contribution in [-0.4, -0.2) is 34.8 Å². The molecule has 0 aliphatic carbocycles. The summed E-state index contributed by atoms with van der Waals surface area (Å²) in [6, 6.07) is 17.1. The van der Waals surface area contributed by atoms with Crippen molar-refractivity contribution in [1.82, 2.24) is 14.8 Å². The smallest absolute Gasteiger partial charge is 0.242 e. The van der Waals surface area contributed by atoms with E-state index in [1.54, 1.807) is 23.7 Å². The monoisotopic (exact) mass is 444 g/mol. The third kappa shape index (κ3) is 4.53. The summed E-state index contributed by atoms with van der Waals surface area (Å²) < 4.78 is 13.0. The van der Waals surface area contributed by atoms with Gasteiger partial charge in [0, 0.05) is 31.9 Å². The van der Waals surface area contributed by atoms with E-state index < -0.39 is 0 Å². The van der Waals surface area contributed by atoms with Crippen LogP contribution >= 0.6 is 0 Å². The number of rotatable bonds is 7. The van der Waals surface area contributed by atoms with Crippen molar-refractivity contribution >= 4 is 22.6 Å². The largest absolute Gasteiger partial charge is 0.479 e. The summed E-state index contributed by atoms with van der Waals surface area (Å²) in [4.78, 5) is 19.3. The van der Waals surface area contributed by atoms with Gasteiger partial charge in [0.1, 0.15) is 11.5 Å². The SMILES string of the molecule is COc1nn(C)c2nc(C)c(CCC(=O)N(C)c3ccc(Oc4ccccc4)cc3)c(C)c12. The number of para-hydroxylation sites is 1. The molecule has 170 valence electrons. The van der Waals surface area contributed by atoms with Crippen LogP contribution in [0.5, 0.6) is 17.4 Å². The first-order chi connectivity index (χ1) is 15.9. The summed E-state index contributed by atoms with van der Waals surface area (Å²) in [5, 5.41) is 5.29. The Labute approximate surface area is 193 Å². The highest BCUT2D eigenvalue weighted by atomic mass is 16.5. The lowest BCUT2D eigenvalue weighted by atomic mass is 10.00. The van der Waals surface area contributed by atoms with Crippen molar-refractivity contribution in [2.24, 2.45) is 7.05 Å². The summed E-state index contributed by atoms with van der Waals surface area (Å²) in [6.45, 7) is 4.01. The summed E-state index contributed by atoms with van der Waals surface area (Å²) in [5.74, 6) is 2.09. The fourth-order valence-electron chi connectivity index (χ4n) is 4.01. The van der Waals surface area contributed by atoms with Gasteiger partial charge in [-0.2, -0.15) is 0 Å². The van der Waals surface area contributed by atoms with Crippen molar-refractivity contribution in [1.29, 1.82) is 0 Å². The highest BCUT2D eigenvalue weighted by molar-refractivity contribution is 5.93. The predicted molar refractivity (Wildman–Crippen MR) is 129 cm³/mol. The number of carbonyl (C=O) groups excluding carboxylic acids is 1. The van der Waals surface area contributed by atoms with Gasteiger partial charge in [0.05, 0.1) is 12.5 Å². The molecule has 0 atom stereocenters. The second-order valence-corrected chi connectivity index (χ2v) is 7.99. The molecule has 4 rings (SSSR count). The minimum absolute atomic E-state index is 0.0313. The fourth-order valence-corrected chi connectivity index (χ4v) is 4.01. The van der Waals surface area contributed by atoms with Crippen LogP contribution in [0.15, 0.2) is 54.6 Å². The third-order valence-electron chi connectivity index (χ3n) is 5.88. The number of amides is 1. The molecular weight excluding hydrogens is 416 g/mol. The first-order valence-corrected chi connectivity index (χ1v) is 10.8. The molecule has 0 spiro atoms. The number of ether oxygens (including phenoxy) is 2. The van der Waals surface area contributed by atoms with Gasteiger partial charge >= 0.3 is 0 Å². The van der Waals surface area contributed by atoms with E-state index in [1.807, 2.05) is 75.5 Å². The van der Waals surface area contributed by atoms with E-state index in [-0.39, 0.29) is 5.91 Å². The van der Waals surface area contributed by atoms with E-state index in [2.05, 4.69) is 5.10 Å². The van der Waals surface area contributed by atoms with Crippen molar-refractivity contribution < 1.29 is 14.3 Å². The maximum atomic E-state index is 12.9. The average molecular weight is 445 g/mol. The van der Waals surface area contributed by atoms with E-state index in [9.17, 15) is 4.79 Å². The van der Waals surface area contributed by atoms with E-state index >= 15 is 0 Å². The van der Waals surface area contributed by atoms with Gasteiger partial charge < -0.3 is 14.4 Å². The average Bonchev–Trinajstić information content (AvgIpc) is 3.15. The van der Waals surface area contributed by atoms with Gasteiger partial charge in [-0.25, -0.2) is 9.67 Å². The van der Waals surface area contributed by atoms with Gasteiger partial charge in [-0.15, -0.1) is 5.10 Å². The zero-order valence-corrected chi connectivity index (χ0v) is 19.6. The number of benzene rings is 2. The summed E-state index contributed by atoms with van der Waals surface area (Å²) in [7, 11) is 5.25. The summed E-state index contributed by atoms with van der Waals surface area (Å²) >= 11 is 0. The molecule has 0 saturated heterocycles. The molecule has 0 N–H and O–H groups in total. The maximum absolute atomic E-state index is 12.9. The van der Waals surface area contributed by atoms with E-state index in [1.165, 1.54) is 0 Å². The molecule has 2 aromatic carbocycles. The van der Waals surface area contributed by atoms with Gasteiger partial charge in [-0.1, -0.05) is 18.2 Å². The molecule has 4 aromatic rings. The van der Waals surface area contributed by atoms with Gasteiger partial charge in [-0.05, 0) is 67.8 Å². The van der Waals surface area contributed by atoms with Crippen LogP contribution in [0.1, 0.15) is 23.2 Å². The Morgan fingerprint density at radius 1 is 1.03 bits per heavy atom. The van der Waals surface area contributed by atoms with Gasteiger partial charge in [0.15, 0.2) is 5.65 Å². The minimum Gasteiger partial charge on any atom is -0.479 e. The Hall–Kier alpha value is -3.87. The van der Waals surface area contributed by atoms with E-state index in [0.29, 0.717) is 18.7 Å². The number of hydrogen-bond acceptors (Lipinski definition) is 5. The number of carbonyl (C=O) groups is 1. The summed E-state index contributed by atoms with van der Waals surface area (Å²) in [5.41, 5.74) is 4.62. The first kappa shape index (κ1) is 22.3. The minimum atomic E-state index is 0.0313. The van der Waals surface area contributed by atoms with Crippen molar-refractivity contribution in [2.45, 2.75) is 26.7 Å². The van der Waals surface area contributed by atoms with Crippen LogP contribution in [0.3, 0.4) is 0 Å². The molecular formula is C26H28N4O3. The Kier molecular flexibility index (Phi) is 6.31. The molecule has 1 amide bonds. The van der Waals surface area contributed by atoms with E-state index in [0.717, 1.165) is 45.0 Å². The first-order valence-electron chi connectivity index (χ1n) is 10.8. The lowest BCUT2D eigenvalue weighted by Gasteiger charge is -2.19. The Morgan fingerprint density at radius 3 is 2.36 bits per heavy atom. The highest BCUT2D eigenvalue weighted by Gasteiger charge is 2.19.